The van der Waals surface area contributed by atoms with Crippen molar-refractivity contribution in [3.05, 3.63) is 122 Å². The van der Waals surface area contributed by atoms with Crippen LogP contribution in [0.1, 0.15) is 297 Å². The van der Waals surface area contributed by atoms with E-state index in [0.29, 0.717) is 25.7 Å². The minimum Gasteiger partial charge on any atom is -0.462 e. The third-order valence-corrected chi connectivity index (χ3v) is 17.3. The highest BCUT2D eigenvalue weighted by molar-refractivity contribution is 7.47. The summed E-state index contributed by atoms with van der Waals surface area (Å²) in [6.07, 6.45) is 76.2. The van der Waals surface area contributed by atoms with E-state index >= 15 is 0 Å². The number of hydrogen-bond donors (Lipinski definition) is 3. The van der Waals surface area contributed by atoms with E-state index in [0.717, 1.165) is 167 Å². The highest BCUT2D eigenvalue weighted by Gasteiger charge is 2.30. The van der Waals surface area contributed by atoms with Crippen LogP contribution in [0.2, 0.25) is 0 Å². The Morgan fingerprint density at radius 3 is 0.847 bits per heavy atom. The number of unbranched alkanes of at least 4 members (excludes halogenated alkanes) is 24. The Labute approximate surface area is 593 Å². The zero-order chi connectivity index (χ0) is 71.8. The van der Waals surface area contributed by atoms with Crippen LogP contribution in [0.3, 0.4) is 0 Å². The van der Waals surface area contributed by atoms with Gasteiger partial charge in [-0.2, -0.15) is 0 Å². The van der Waals surface area contributed by atoms with E-state index in [9.17, 15) is 43.2 Å². The van der Waals surface area contributed by atoms with Gasteiger partial charge in [0, 0.05) is 25.7 Å². The Morgan fingerprint density at radius 2 is 0.531 bits per heavy atom. The van der Waals surface area contributed by atoms with Crippen molar-refractivity contribution in [1.29, 1.82) is 0 Å². The van der Waals surface area contributed by atoms with Crippen molar-refractivity contribution < 1.29 is 80.2 Å². The number of esters is 4. The summed E-state index contributed by atoms with van der Waals surface area (Å²) < 4.78 is 68.4. The molecule has 17 nitrogen and oxygen atoms in total. The van der Waals surface area contributed by atoms with Gasteiger partial charge in [0.25, 0.3) is 0 Å². The van der Waals surface area contributed by atoms with Crippen LogP contribution in [-0.2, 0) is 65.4 Å². The van der Waals surface area contributed by atoms with Gasteiger partial charge in [0.15, 0.2) is 12.2 Å². The first-order valence-corrected chi connectivity index (χ1v) is 40.8. The van der Waals surface area contributed by atoms with E-state index in [2.05, 4.69) is 149 Å². The molecule has 98 heavy (non-hydrogen) atoms. The van der Waals surface area contributed by atoms with Crippen molar-refractivity contribution in [2.45, 2.75) is 316 Å². The van der Waals surface area contributed by atoms with Crippen molar-refractivity contribution in [2.75, 3.05) is 39.6 Å². The third kappa shape index (κ3) is 69.9. The summed E-state index contributed by atoms with van der Waals surface area (Å²) in [4.78, 5) is 72.8. The van der Waals surface area contributed by atoms with E-state index in [1.54, 1.807) is 0 Å². The monoisotopic (exact) mass is 1420 g/mol. The first-order valence-electron chi connectivity index (χ1n) is 37.8. The van der Waals surface area contributed by atoms with Gasteiger partial charge in [-0.3, -0.25) is 37.3 Å². The largest absolute Gasteiger partial charge is 0.472 e. The van der Waals surface area contributed by atoms with E-state index in [1.807, 2.05) is 0 Å². The highest BCUT2D eigenvalue weighted by atomic mass is 31.2. The molecule has 0 saturated carbocycles. The van der Waals surface area contributed by atoms with Crippen molar-refractivity contribution >= 4 is 39.5 Å². The molecular weight excluding hydrogens is 1280 g/mol. The maximum Gasteiger partial charge on any atom is 0.472 e. The molecule has 0 bridgehead atoms. The SMILES string of the molecule is CC/C=C\C/C=C\C/C=C\C/C=C\CCCCCCC(=O)OCC(COP(=O)(O)OCC(O)COP(=O)(O)OCC(COC(=O)CCCC/C=C\C/C=C\C/C=C\C/C=C\CC)OC(=O)CCCCCCC/C=C\CCCCCC)OC(=O)CCCCCCC/C=C\CCCCCC. The molecule has 19 heteroatoms. The predicted octanol–water partition coefficient (Wildman–Crippen LogP) is 21.6. The molecule has 0 heterocycles. The van der Waals surface area contributed by atoms with E-state index in [1.165, 1.54) is 51.4 Å². The Hall–Kier alpha value is -4.54. The molecule has 0 amide bonds. The van der Waals surface area contributed by atoms with Crippen LogP contribution in [-0.4, -0.2) is 96.7 Å². The topological polar surface area (TPSA) is 237 Å². The molecule has 5 atom stereocenters. The van der Waals surface area contributed by atoms with Gasteiger partial charge in [-0.25, -0.2) is 9.13 Å². The number of rotatable bonds is 70. The second-order valence-electron chi connectivity index (χ2n) is 24.8. The number of phosphoric acid groups is 2. The van der Waals surface area contributed by atoms with Gasteiger partial charge < -0.3 is 33.8 Å². The van der Waals surface area contributed by atoms with Gasteiger partial charge in [0.1, 0.15) is 19.3 Å². The van der Waals surface area contributed by atoms with Gasteiger partial charge in [0.05, 0.1) is 26.4 Å². The Kier molecular flexibility index (Phi) is 67.6. The summed E-state index contributed by atoms with van der Waals surface area (Å²) in [5.41, 5.74) is 0. The smallest absolute Gasteiger partial charge is 0.462 e. The lowest BCUT2D eigenvalue weighted by Crippen LogP contribution is -2.30. The summed E-state index contributed by atoms with van der Waals surface area (Å²) in [6.45, 7) is 4.52. The lowest BCUT2D eigenvalue weighted by Gasteiger charge is -2.21. The quantitative estimate of drug-likeness (QED) is 0.0169. The fraction of sp³-hybridized carbons (Fsp3) is 0.696. The van der Waals surface area contributed by atoms with E-state index < -0.39 is 97.5 Å². The average Bonchev–Trinajstić information content (AvgIpc) is 0.969. The lowest BCUT2D eigenvalue weighted by molar-refractivity contribution is -0.161. The van der Waals surface area contributed by atoms with E-state index in [-0.39, 0.29) is 25.7 Å². The molecule has 3 N–H and O–H groups in total. The molecule has 0 rings (SSSR count). The van der Waals surface area contributed by atoms with Gasteiger partial charge in [-0.05, 0) is 154 Å². The number of aliphatic hydroxyl groups excluding tert-OH is 1. The molecule has 0 aromatic heterocycles. The summed E-state index contributed by atoms with van der Waals surface area (Å²) in [7, 11) is -9.97. The van der Waals surface area contributed by atoms with Crippen LogP contribution < -0.4 is 0 Å². The first kappa shape index (κ1) is 93.5. The number of allylic oxidation sites excluding steroid dienone is 20. The predicted molar refractivity (Wildman–Crippen MR) is 399 cm³/mol. The molecule has 0 aromatic rings. The van der Waals surface area contributed by atoms with Crippen LogP contribution in [0.15, 0.2) is 122 Å². The maximum absolute atomic E-state index is 13.1. The number of ether oxygens (including phenoxy) is 4. The molecule has 5 unspecified atom stereocenters. The summed E-state index contributed by atoms with van der Waals surface area (Å²) in [5, 5.41) is 10.6. The van der Waals surface area contributed by atoms with Crippen molar-refractivity contribution in [2.24, 2.45) is 0 Å². The van der Waals surface area contributed by atoms with Gasteiger partial charge in [0.2, 0.25) is 0 Å². The number of hydrogen-bond acceptors (Lipinski definition) is 15. The van der Waals surface area contributed by atoms with E-state index in [4.69, 9.17) is 37.0 Å². The Balaban J connectivity index is 5.40. The lowest BCUT2D eigenvalue weighted by atomic mass is 10.1. The molecule has 0 aliphatic carbocycles. The minimum atomic E-state index is -4.99. The minimum absolute atomic E-state index is 0.0734. The third-order valence-electron chi connectivity index (χ3n) is 15.4. The number of phosphoric ester groups is 2. The maximum atomic E-state index is 13.1. The Morgan fingerprint density at radius 1 is 0.296 bits per heavy atom. The van der Waals surface area contributed by atoms with Crippen LogP contribution in [0.5, 0.6) is 0 Å². The molecule has 0 aromatic carbocycles. The fourth-order valence-electron chi connectivity index (χ4n) is 9.66. The zero-order valence-electron chi connectivity index (χ0n) is 61.2. The molecule has 0 aliphatic heterocycles. The van der Waals surface area contributed by atoms with Crippen LogP contribution in [0.4, 0.5) is 0 Å². The zero-order valence-corrected chi connectivity index (χ0v) is 63.0. The van der Waals surface area contributed by atoms with Crippen LogP contribution >= 0.6 is 15.6 Å². The van der Waals surface area contributed by atoms with Crippen LogP contribution in [0, 0.1) is 0 Å². The van der Waals surface area contributed by atoms with Gasteiger partial charge in [-0.1, -0.05) is 239 Å². The van der Waals surface area contributed by atoms with Crippen molar-refractivity contribution in [1.82, 2.24) is 0 Å². The number of aliphatic hydroxyl groups is 1. The normalized spacial score (nSPS) is 14.6. The van der Waals surface area contributed by atoms with Crippen molar-refractivity contribution in [3.8, 4) is 0 Å². The van der Waals surface area contributed by atoms with Crippen molar-refractivity contribution in [3.63, 3.8) is 0 Å². The standard InChI is InChI=1S/C79H134O17P2/c1-5-9-13-17-21-25-29-33-35-36-38-42-44-48-52-56-60-64-77(82)90-70-75(96-79(84)66-62-58-54-50-46-40-32-28-24-20-16-12-8-4)72-94-98(87,88)92-68-73(80)67-91-97(85,86)93-71-74(95-78(83)65-61-57-53-49-45-39-31-27-23-19-15-11-7-3)69-89-76(81)63-59-55-51-47-43-41-37-34-30-26-22-18-14-10-6-2/h9-10,13-14,21-22,25-28,31-35,37-38,42-43,47,73-75,80H,5-8,11-12,15-20,23-24,29-30,36,39-41,44-46,48-72H2,1-4H3,(H,85,86)(H,87,88)/b13-9-,14-10-,25-21-,26-22-,31-27-,32-28-,35-33-,37-34-,42-38-,47-43-. The molecule has 0 radical (unpaired) electrons. The summed E-state index contributed by atoms with van der Waals surface area (Å²) in [6, 6.07) is 0. The highest BCUT2D eigenvalue weighted by Crippen LogP contribution is 2.45. The fourth-order valence-corrected chi connectivity index (χ4v) is 11.2. The number of carbonyl (C=O) groups excluding carboxylic acids is 4. The second kappa shape index (κ2) is 70.9. The Bertz CT molecular complexity index is 2340. The van der Waals surface area contributed by atoms with Gasteiger partial charge in [-0.15, -0.1) is 0 Å². The molecule has 0 aliphatic rings. The molecule has 0 spiro atoms. The first-order chi connectivity index (χ1) is 47.7. The molecule has 0 saturated heterocycles. The molecule has 562 valence electrons. The molecular formula is C79H134O17P2. The summed E-state index contributed by atoms with van der Waals surface area (Å²) in [5.74, 6) is -2.27. The van der Waals surface area contributed by atoms with Crippen LogP contribution in [0.25, 0.3) is 0 Å². The summed E-state index contributed by atoms with van der Waals surface area (Å²) >= 11 is 0. The van der Waals surface area contributed by atoms with Gasteiger partial charge >= 0.3 is 39.5 Å². The average molecular weight is 1420 g/mol. The second-order valence-corrected chi connectivity index (χ2v) is 27.7. The molecule has 0 fully saturated rings. The number of carbonyl (C=O) groups is 4.